The number of fused-ring (bicyclic) bond motifs is 6. The quantitative estimate of drug-likeness (QED) is 0.0384. The summed E-state index contributed by atoms with van der Waals surface area (Å²) in [6, 6.07) is 43.9. The molecule has 117 heavy (non-hydrogen) atoms. The van der Waals surface area contributed by atoms with Crippen LogP contribution in [0.15, 0.2) is 226 Å². The van der Waals surface area contributed by atoms with Gasteiger partial charge in [-0.25, -0.2) is 8.83 Å². The molecule has 0 spiro atoms. The summed E-state index contributed by atoms with van der Waals surface area (Å²) in [7, 11) is 11.8. The molecule has 0 saturated heterocycles. The number of amides is 2. The maximum atomic E-state index is 15.6. The van der Waals surface area contributed by atoms with Gasteiger partial charge in [-0.05, 0) is 150 Å². The maximum absolute atomic E-state index is 15.6. The summed E-state index contributed by atoms with van der Waals surface area (Å²) in [4.78, 5) is 80.7. The summed E-state index contributed by atoms with van der Waals surface area (Å²) in [5.41, 5.74) is 11.6. The Morgan fingerprint density at radius 2 is 0.932 bits per heavy atom. The standard InChI is InChI=1S/C94H86N10O12S/c1-15-103-73-47-77-70(45-67(73)53(3)49-93(103,5)6)80(71-46-68-54(4)50-94(7,8)104(16-2)74(68)48-78(71)115-77)81-82(92(113)114)83(100-37-31-59(32-38-100)97(9)10)85(102-41-35-61(36-42-102)99(13)14)87(84(81)101-39-33-60(34-40-101)98(11)12)117-63-25-21-57(22-26-63)88(107)95-51-55-17-19-56(20-18-55)89(108)96-52-72-75(106)30-29-66-79(65-28-24-62(105)44-76(65)116-86(66)72)69-43-58(90(109)110)23-27-64(69)91(111)112/h17-50H,15-16,51-52H2,1-14H3,(H2-5,95,96,105,106,107,108,109,110,111,112,113,114). The van der Waals surface area contributed by atoms with Gasteiger partial charge in [0, 0.05) is 165 Å². The third-order valence-electron chi connectivity index (χ3n) is 22.2. The third kappa shape index (κ3) is 14.4. The molecular weight excluding hydrogens is 1490 g/mol. The number of carbonyl (C=O) groups is 5. The Morgan fingerprint density at radius 3 is 1.42 bits per heavy atom. The molecule has 0 radical (unpaired) electrons. The Morgan fingerprint density at radius 1 is 0.462 bits per heavy atom. The fourth-order valence-electron chi connectivity index (χ4n) is 16.6. The summed E-state index contributed by atoms with van der Waals surface area (Å²) < 4.78 is 19.4. The van der Waals surface area contributed by atoms with Crippen molar-refractivity contribution in [1.29, 1.82) is 0 Å². The minimum atomic E-state index is -1.62. The van der Waals surface area contributed by atoms with Crippen molar-refractivity contribution < 1.29 is 72.0 Å². The average Bonchev–Trinajstić information content (AvgIpc) is 0.702. The molecule has 23 heteroatoms. The first-order chi connectivity index (χ1) is 55.8. The van der Waals surface area contributed by atoms with Gasteiger partial charge in [-0.2, -0.15) is 13.7 Å². The average molecular weight is 1580 g/mol. The number of benzene rings is 8. The lowest BCUT2D eigenvalue weighted by molar-refractivity contribution is -0.637. The minimum absolute atomic E-state index is 0.0367. The van der Waals surface area contributed by atoms with E-state index < -0.39 is 41.2 Å². The van der Waals surface area contributed by atoms with Crippen LogP contribution in [-0.4, -0.2) is 96.2 Å². The predicted molar refractivity (Wildman–Crippen MR) is 447 cm³/mol. The molecule has 5 aromatic heterocycles. The van der Waals surface area contributed by atoms with E-state index in [1.807, 2.05) is 156 Å². The molecule has 0 aliphatic carbocycles. The van der Waals surface area contributed by atoms with Crippen LogP contribution in [0, 0.1) is 0 Å². The second-order valence-corrected chi connectivity index (χ2v) is 32.3. The zero-order chi connectivity index (χ0) is 83.1. The van der Waals surface area contributed by atoms with Crippen molar-refractivity contribution in [3.8, 4) is 50.8 Å². The molecule has 22 nitrogen and oxygen atoms in total. The molecule has 590 valence electrons. The van der Waals surface area contributed by atoms with Crippen LogP contribution >= 0.6 is 11.8 Å². The Balaban J connectivity index is 0.841. The van der Waals surface area contributed by atoms with Gasteiger partial charge in [0.05, 0.1) is 97.3 Å². The largest absolute Gasteiger partial charge is 0.872 e. The molecule has 2 aliphatic heterocycles. The second-order valence-electron chi connectivity index (χ2n) is 31.2. The number of carbonyl (C=O) groups excluding carboxylic acids is 5. The molecule has 2 amide bonds. The predicted octanol–water partition coefficient (Wildman–Crippen LogP) is 11.7. The van der Waals surface area contributed by atoms with Crippen LogP contribution in [0.2, 0.25) is 0 Å². The number of allylic oxidation sites excluding steroid dienone is 2. The zero-order valence-electron chi connectivity index (χ0n) is 67.3. The van der Waals surface area contributed by atoms with Gasteiger partial charge >= 0.3 is 28.0 Å². The molecule has 0 fully saturated rings. The van der Waals surface area contributed by atoms with Crippen LogP contribution < -0.4 is 74.4 Å². The van der Waals surface area contributed by atoms with Crippen molar-refractivity contribution >= 4 is 125 Å². The number of nitrogens with zero attached hydrogens (tertiary/aromatic N) is 8. The maximum Gasteiger partial charge on any atom is 0.365 e. The summed E-state index contributed by atoms with van der Waals surface area (Å²) in [6.45, 7) is 18.4. The van der Waals surface area contributed by atoms with E-state index in [0.717, 1.165) is 75.0 Å². The lowest BCUT2D eigenvalue weighted by Crippen LogP contribution is -2.45. The highest BCUT2D eigenvalue weighted by atomic mass is 32.2. The molecule has 8 aromatic carbocycles. The van der Waals surface area contributed by atoms with Crippen LogP contribution in [0.4, 0.5) is 28.4 Å². The first-order valence-electron chi connectivity index (χ1n) is 38.4. The lowest BCUT2D eigenvalue weighted by Gasteiger charge is -2.42. The molecule has 2 aliphatic rings. The molecule has 13 aromatic rings. The SMILES string of the molecule is CCN1c2cc3[o+]c4cc5c(cc4c(-c4c(C(=O)[O-])c(-[n+]6ccc(N(C)C)cc6)c(-[n+]6ccc(N(C)C)cc6)c(Sc6ccc(C(=O)NCc7ccc(C(=O)NCc8c([O-])ccc9c(-c%10cc(C(=O)[O-])ccc%10C(=O)[O-])c%10ccc([O-])cc%10[o+]c89)cc7)cc6)c4-[n+]4ccc(N(C)C)cc4)c3cc2C(C)=CC1(C)C)C(C)=CC(C)(C)N5CC. The van der Waals surface area contributed by atoms with E-state index in [1.165, 1.54) is 36.0 Å². The van der Waals surface area contributed by atoms with Gasteiger partial charge in [-0.1, -0.05) is 71.8 Å². The molecular formula is C94H86N10O12S. The van der Waals surface area contributed by atoms with Crippen molar-refractivity contribution in [2.45, 2.75) is 89.3 Å². The van der Waals surface area contributed by atoms with Crippen LogP contribution in [0.3, 0.4) is 0 Å². The molecule has 0 unspecified atom stereocenters. The van der Waals surface area contributed by atoms with Crippen LogP contribution in [0.1, 0.15) is 129 Å². The van der Waals surface area contributed by atoms with E-state index >= 15 is 9.90 Å². The molecule has 7 heterocycles. The monoisotopic (exact) mass is 1580 g/mol. The van der Waals surface area contributed by atoms with Gasteiger partial charge in [-0.15, -0.1) is 0 Å². The van der Waals surface area contributed by atoms with Crippen molar-refractivity contribution in [1.82, 2.24) is 10.6 Å². The normalized spacial score (nSPS) is 13.4. The molecule has 15 rings (SSSR count). The van der Waals surface area contributed by atoms with Gasteiger partial charge in [0.1, 0.15) is 0 Å². The zero-order valence-corrected chi connectivity index (χ0v) is 68.2. The molecule has 0 atom stereocenters. The summed E-state index contributed by atoms with van der Waals surface area (Å²) in [5, 5.41) is 74.2. The number of carboxylic acid groups (broad SMARTS) is 3. The lowest BCUT2D eigenvalue weighted by atomic mass is 9.84. The number of aromatic nitrogens is 3. The topological polar surface area (TPSA) is 275 Å². The van der Waals surface area contributed by atoms with Gasteiger partial charge in [0.2, 0.25) is 5.69 Å². The van der Waals surface area contributed by atoms with E-state index in [4.69, 9.17) is 8.83 Å². The van der Waals surface area contributed by atoms with Crippen LogP contribution in [0.25, 0.3) is 94.3 Å². The Kier molecular flexibility index (Phi) is 20.6. The van der Waals surface area contributed by atoms with E-state index in [1.54, 1.807) is 36.4 Å². The van der Waals surface area contributed by atoms with Gasteiger partial charge in [0.25, 0.3) is 17.5 Å². The Bertz CT molecular complexity index is 6260. The molecule has 2 N–H and O–H groups in total. The van der Waals surface area contributed by atoms with Crippen molar-refractivity contribution in [3.63, 3.8) is 0 Å². The number of anilines is 5. The molecule has 0 bridgehead atoms. The summed E-state index contributed by atoms with van der Waals surface area (Å²) >= 11 is 1.42. The smallest absolute Gasteiger partial charge is 0.365 e. The first-order valence-corrected chi connectivity index (χ1v) is 39.2. The van der Waals surface area contributed by atoms with E-state index in [0.29, 0.717) is 84.1 Å². The number of hydrogen-bond acceptors (Lipinski definition) is 16. The molecule has 0 saturated carbocycles. The van der Waals surface area contributed by atoms with E-state index in [-0.39, 0.29) is 85.1 Å². The Hall–Kier alpha value is -13.7. The fourth-order valence-corrected chi connectivity index (χ4v) is 17.7. The van der Waals surface area contributed by atoms with Gasteiger partial charge in [-0.3, -0.25) is 9.59 Å². The highest BCUT2D eigenvalue weighted by Crippen LogP contribution is 2.53. The van der Waals surface area contributed by atoms with Crippen molar-refractivity contribution in [2.24, 2.45) is 0 Å². The third-order valence-corrected chi connectivity index (χ3v) is 23.3. The van der Waals surface area contributed by atoms with Crippen LogP contribution in [0.5, 0.6) is 11.5 Å². The number of aromatic carboxylic acids is 3. The van der Waals surface area contributed by atoms with Gasteiger partial charge < -0.3 is 75.0 Å². The summed E-state index contributed by atoms with van der Waals surface area (Å²) in [6.07, 6.45) is 16.1. The Labute approximate surface area is 681 Å². The second kappa shape index (κ2) is 30.6. The number of pyridine rings is 3. The number of carboxylic acids is 3. The highest BCUT2D eigenvalue weighted by molar-refractivity contribution is 7.99. The van der Waals surface area contributed by atoms with E-state index in [2.05, 4.69) is 112 Å². The highest BCUT2D eigenvalue weighted by Gasteiger charge is 2.45. The number of nitrogens with one attached hydrogen (secondary N) is 2. The minimum Gasteiger partial charge on any atom is -0.872 e. The number of hydrogen-bond donors (Lipinski definition) is 2. The first kappa shape index (κ1) is 78.6. The van der Waals surface area contributed by atoms with Crippen molar-refractivity contribution in [3.05, 3.63) is 257 Å². The van der Waals surface area contributed by atoms with Crippen molar-refractivity contribution in [2.75, 3.05) is 79.9 Å². The fraction of sp³-hybridized carbons (Fsp3) is 0.213. The summed E-state index contributed by atoms with van der Waals surface area (Å²) in [5.74, 6) is -6.63. The number of likely N-dealkylation sites (N-methyl/N-ethyl adjacent to an activating group) is 2. The van der Waals surface area contributed by atoms with E-state index in [9.17, 15) is 39.6 Å². The van der Waals surface area contributed by atoms with Crippen LogP contribution in [-0.2, 0) is 13.1 Å². The number of rotatable bonds is 21. The van der Waals surface area contributed by atoms with Gasteiger partial charge in [0.15, 0.2) is 42.1 Å².